The molecule has 21 heavy (non-hydrogen) atoms. The Kier molecular flexibility index (Phi) is 4.93. The maximum Gasteiger partial charge on any atom is 0.243 e. The van der Waals surface area contributed by atoms with E-state index < -0.39 is 20.7 Å². The van der Waals surface area contributed by atoms with E-state index in [0.29, 0.717) is 0 Å². The number of hydrogen-bond donors (Lipinski definition) is 1. The van der Waals surface area contributed by atoms with Crippen molar-refractivity contribution in [3.05, 3.63) is 29.6 Å². The van der Waals surface area contributed by atoms with E-state index in [1.807, 2.05) is 6.92 Å². The number of halogens is 1. The number of likely N-dealkylation sites (tertiary alicyclic amines) is 1. The van der Waals surface area contributed by atoms with Gasteiger partial charge in [-0.2, -0.15) is 5.26 Å². The van der Waals surface area contributed by atoms with E-state index in [0.717, 1.165) is 38.1 Å². The van der Waals surface area contributed by atoms with Crippen LogP contribution in [0.25, 0.3) is 0 Å². The lowest BCUT2D eigenvalue weighted by Gasteiger charge is -2.22. The van der Waals surface area contributed by atoms with Crippen molar-refractivity contribution in [1.29, 1.82) is 5.26 Å². The van der Waals surface area contributed by atoms with Crippen LogP contribution in [0.5, 0.6) is 0 Å². The van der Waals surface area contributed by atoms with Crippen molar-refractivity contribution < 1.29 is 12.8 Å². The van der Waals surface area contributed by atoms with Crippen molar-refractivity contribution in [2.45, 2.75) is 30.7 Å². The minimum atomic E-state index is -3.90. The first kappa shape index (κ1) is 15.9. The van der Waals surface area contributed by atoms with Gasteiger partial charge in [-0.05, 0) is 44.1 Å². The largest absolute Gasteiger partial charge is 0.299 e. The maximum absolute atomic E-state index is 13.8. The average molecular weight is 311 g/mol. The molecule has 2 rings (SSSR count). The molecular formula is C14H18FN3O2S. The second-order valence-corrected chi connectivity index (χ2v) is 6.77. The molecule has 1 aliphatic rings. The summed E-state index contributed by atoms with van der Waals surface area (Å²) in [6.07, 6.45) is 1.98. The summed E-state index contributed by atoms with van der Waals surface area (Å²) in [5.74, 6) is -0.902. The molecule has 1 heterocycles. The molecule has 1 N–H and O–H groups in total. The summed E-state index contributed by atoms with van der Waals surface area (Å²) in [5.41, 5.74) is 0.0967. The van der Waals surface area contributed by atoms with Gasteiger partial charge in [0.15, 0.2) is 0 Å². The molecule has 7 heteroatoms. The molecule has 1 unspecified atom stereocenters. The van der Waals surface area contributed by atoms with E-state index in [4.69, 9.17) is 5.26 Å². The Balaban J connectivity index is 2.10. The molecule has 0 amide bonds. The van der Waals surface area contributed by atoms with Crippen molar-refractivity contribution in [2.75, 3.05) is 19.6 Å². The first-order chi connectivity index (χ1) is 9.97. The molecule has 5 nitrogen and oxygen atoms in total. The molecule has 1 saturated heterocycles. The van der Waals surface area contributed by atoms with Gasteiger partial charge in [0.1, 0.15) is 10.7 Å². The van der Waals surface area contributed by atoms with Crippen LogP contribution >= 0.6 is 0 Å². The highest BCUT2D eigenvalue weighted by Crippen LogP contribution is 2.18. The highest BCUT2D eigenvalue weighted by Gasteiger charge is 2.26. The monoisotopic (exact) mass is 311 g/mol. The maximum atomic E-state index is 13.8. The van der Waals surface area contributed by atoms with Gasteiger partial charge in [-0.15, -0.1) is 0 Å². The van der Waals surface area contributed by atoms with Gasteiger partial charge in [0.25, 0.3) is 0 Å². The molecule has 0 bridgehead atoms. The summed E-state index contributed by atoms with van der Waals surface area (Å²) in [6.45, 7) is 4.15. The van der Waals surface area contributed by atoms with Gasteiger partial charge in [-0.25, -0.2) is 17.5 Å². The second kappa shape index (κ2) is 6.52. The number of rotatable bonds is 5. The third-order valence-corrected chi connectivity index (χ3v) is 5.22. The zero-order chi connectivity index (χ0) is 15.5. The number of sulfonamides is 1. The predicted molar refractivity (Wildman–Crippen MR) is 76.6 cm³/mol. The fraction of sp³-hybridized carbons (Fsp3) is 0.500. The zero-order valence-corrected chi connectivity index (χ0v) is 12.7. The first-order valence-corrected chi connectivity index (χ1v) is 8.39. The van der Waals surface area contributed by atoms with Crippen LogP contribution in [0.15, 0.2) is 23.1 Å². The molecular weight excluding hydrogens is 293 g/mol. The molecule has 0 aliphatic carbocycles. The van der Waals surface area contributed by atoms with Gasteiger partial charge in [-0.3, -0.25) is 4.90 Å². The van der Waals surface area contributed by atoms with E-state index in [9.17, 15) is 12.8 Å². The summed E-state index contributed by atoms with van der Waals surface area (Å²) in [7, 11) is -3.90. The van der Waals surface area contributed by atoms with Crippen LogP contribution in [0.2, 0.25) is 0 Å². The molecule has 1 aromatic carbocycles. The molecule has 1 atom stereocenters. The quantitative estimate of drug-likeness (QED) is 0.893. The van der Waals surface area contributed by atoms with Crippen molar-refractivity contribution in [2.24, 2.45) is 0 Å². The summed E-state index contributed by atoms with van der Waals surface area (Å²) in [5, 5.41) is 8.67. The molecule has 1 aromatic rings. The lowest BCUT2D eigenvalue weighted by molar-refractivity contribution is 0.268. The SMILES string of the molecule is CCN1CCCC1CNS(=O)(=O)c1ccc(C#N)cc1F. The lowest BCUT2D eigenvalue weighted by atomic mass is 10.2. The number of nitrogens with one attached hydrogen (secondary N) is 1. The Labute approximate surface area is 124 Å². The van der Waals surface area contributed by atoms with E-state index in [2.05, 4.69) is 9.62 Å². The Morgan fingerprint density at radius 2 is 2.29 bits per heavy atom. The molecule has 1 aliphatic heterocycles. The minimum absolute atomic E-state index is 0.0967. The highest BCUT2D eigenvalue weighted by molar-refractivity contribution is 7.89. The summed E-state index contributed by atoms with van der Waals surface area (Å²) >= 11 is 0. The van der Waals surface area contributed by atoms with Crippen molar-refractivity contribution in [1.82, 2.24) is 9.62 Å². The van der Waals surface area contributed by atoms with Crippen molar-refractivity contribution >= 4 is 10.0 Å². The summed E-state index contributed by atoms with van der Waals surface area (Å²) in [6, 6.07) is 5.29. The number of nitriles is 1. The zero-order valence-electron chi connectivity index (χ0n) is 11.8. The van der Waals surface area contributed by atoms with Crippen LogP contribution in [0.3, 0.4) is 0 Å². The third kappa shape index (κ3) is 3.59. The fourth-order valence-electron chi connectivity index (χ4n) is 2.61. The second-order valence-electron chi connectivity index (χ2n) is 5.03. The first-order valence-electron chi connectivity index (χ1n) is 6.91. The Morgan fingerprint density at radius 3 is 2.90 bits per heavy atom. The average Bonchev–Trinajstić information content (AvgIpc) is 2.92. The molecule has 0 aromatic heterocycles. The number of likely N-dealkylation sites (N-methyl/N-ethyl adjacent to an activating group) is 1. The normalized spacial score (nSPS) is 19.6. The standard InChI is InChI=1S/C14H18FN3O2S/c1-2-18-7-3-4-12(18)10-17-21(19,20)14-6-5-11(9-16)8-13(14)15/h5-6,8,12,17H,2-4,7,10H2,1H3. The van der Waals surface area contributed by atoms with Crippen LogP contribution in [0.1, 0.15) is 25.3 Å². The van der Waals surface area contributed by atoms with Gasteiger partial charge in [-0.1, -0.05) is 6.92 Å². The smallest absolute Gasteiger partial charge is 0.243 e. The summed E-state index contributed by atoms with van der Waals surface area (Å²) in [4.78, 5) is 1.79. The van der Waals surface area contributed by atoms with E-state index in [-0.39, 0.29) is 18.2 Å². The third-order valence-electron chi connectivity index (χ3n) is 3.76. The van der Waals surface area contributed by atoms with Crippen LogP contribution in [-0.2, 0) is 10.0 Å². The topological polar surface area (TPSA) is 73.2 Å². The van der Waals surface area contributed by atoms with Crippen LogP contribution in [0, 0.1) is 17.1 Å². The minimum Gasteiger partial charge on any atom is -0.299 e. The van der Waals surface area contributed by atoms with Gasteiger partial charge in [0, 0.05) is 12.6 Å². The van der Waals surface area contributed by atoms with E-state index in [1.165, 1.54) is 6.07 Å². The fourth-order valence-corrected chi connectivity index (χ4v) is 3.74. The molecule has 0 spiro atoms. The Hall–Kier alpha value is -1.49. The number of nitrogens with zero attached hydrogens (tertiary/aromatic N) is 2. The Bertz CT molecular complexity index is 655. The van der Waals surface area contributed by atoms with Crippen molar-refractivity contribution in [3.8, 4) is 6.07 Å². The molecule has 1 fully saturated rings. The number of benzene rings is 1. The lowest BCUT2D eigenvalue weighted by Crippen LogP contribution is -2.40. The predicted octanol–water partition coefficient (Wildman–Crippen LogP) is 1.46. The van der Waals surface area contributed by atoms with Gasteiger partial charge < -0.3 is 0 Å². The van der Waals surface area contributed by atoms with Crippen LogP contribution < -0.4 is 4.72 Å². The molecule has 0 radical (unpaired) electrons. The van der Waals surface area contributed by atoms with E-state index >= 15 is 0 Å². The van der Waals surface area contributed by atoms with Gasteiger partial charge in [0.2, 0.25) is 10.0 Å². The van der Waals surface area contributed by atoms with Gasteiger partial charge in [0.05, 0.1) is 11.6 Å². The summed E-state index contributed by atoms with van der Waals surface area (Å²) < 4.78 is 40.6. The van der Waals surface area contributed by atoms with Crippen molar-refractivity contribution in [3.63, 3.8) is 0 Å². The number of hydrogen-bond acceptors (Lipinski definition) is 4. The Morgan fingerprint density at radius 1 is 1.52 bits per heavy atom. The molecule has 114 valence electrons. The van der Waals surface area contributed by atoms with Crippen LogP contribution in [-0.4, -0.2) is 39.0 Å². The van der Waals surface area contributed by atoms with Gasteiger partial charge >= 0.3 is 0 Å². The van der Waals surface area contributed by atoms with E-state index in [1.54, 1.807) is 6.07 Å². The van der Waals surface area contributed by atoms with Crippen LogP contribution in [0.4, 0.5) is 4.39 Å². The highest BCUT2D eigenvalue weighted by atomic mass is 32.2. The molecule has 0 saturated carbocycles.